The van der Waals surface area contributed by atoms with E-state index in [0.717, 1.165) is 11.1 Å². The number of anilines is 1. The number of nitrogen functional groups attached to an aromatic ring is 1. The maximum Gasteiger partial charge on any atom is 0.419 e. The van der Waals surface area contributed by atoms with E-state index in [1.807, 2.05) is 45.0 Å². The van der Waals surface area contributed by atoms with E-state index in [-0.39, 0.29) is 16.9 Å². The number of nitrogens with two attached hydrogens (primary N) is 1. The fourth-order valence-electron chi connectivity index (χ4n) is 5.23. The first-order valence-electron chi connectivity index (χ1n) is 14.8. The number of carbonyl (C=O) groups is 1. The predicted octanol–water partition coefficient (Wildman–Crippen LogP) is 5.79. The van der Waals surface area contributed by atoms with Gasteiger partial charge < -0.3 is 14.9 Å². The largest absolute Gasteiger partial charge is 0.543 e. The standard InChI is InChI=1S/C30H43N7O5SSi/c1-29(2,3)41-28(38)36-22-11-10-21(42-44(8,9)30(4,5)6)16-19(22)17-23(36)25-24-26(31)32-18-33-27(24)37(34-25)20-12-14-35(15-13-20)43(7,39)40/h10-11,16-18,20H,12-15H2,1-9H3,(H2,31,32,33). The third kappa shape index (κ3) is 6.07. The van der Waals surface area contributed by atoms with Crippen molar-refractivity contribution in [2.24, 2.45) is 0 Å². The molecule has 0 bridgehead atoms. The molecule has 0 aliphatic carbocycles. The minimum absolute atomic E-state index is 0.0102. The lowest BCUT2D eigenvalue weighted by Gasteiger charge is -2.36. The fraction of sp³-hybridized carbons (Fsp3) is 0.533. The number of nitrogens with zero attached hydrogens (tertiary/aromatic N) is 6. The van der Waals surface area contributed by atoms with Gasteiger partial charge in [0.2, 0.25) is 18.3 Å². The molecule has 14 heteroatoms. The van der Waals surface area contributed by atoms with Gasteiger partial charge in [0, 0.05) is 18.5 Å². The molecule has 0 atom stereocenters. The Morgan fingerprint density at radius 1 is 1.05 bits per heavy atom. The summed E-state index contributed by atoms with van der Waals surface area (Å²) in [6.45, 7) is 17.1. The number of carbonyl (C=O) groups excluding carboxylic acids is 1. The molecule has 0 saturated carbocycles. The van der Waals surface area contributed by atoms with Gasteiger partial charge in [0.15, 0.2) is 5.65 Å². The molecule has 4 aromatic rings. The van der Waals surface area contributed by atoms with Crippen molar-refractivity contribution in [2.75, 3.05) is 25.1 Å². The molecular weight excluding hydrogens is 599 g/mol. The molecule has 3 aromatic heterocycles. The molecule has 1 aliphatic heterocycles. The highest BCUT2D eigenvalue weighted by Crippen LogP contribution is 2.40. The number of hydrogen-bond donors (Lipinski definition) is 1. The van der Waals surface area contributed by atoms with Crippen LogP contribution >= 0.6 is 0 Å². The van der Waals surface area contributed by atoms with Gasteiger partial charge in [-0.1, -0.05) is 20.8 Å². The van der Waals surface area contributed by atoms with Gasteiger partial charge in [-0.15, -0.1) is 0 Å². The van der Waals surface area contributed by atoms with Crippen LogP contribution in [0.4, 0.5) is 10.6 Å². The normalized spacial score (nSPS) is 16.1. The Labute approximate surface area is 259 Å². The Balaban J connectivity index is 1.68. The van der Waals surface area contributed by atoms with Gasteiger partial charge in [-0.2, -0.15) is 5.10 Å². The monoisotopic (exact) mass is 641 g/mol. The van der Waals surface area contributed by atoms with Crippen molar-refractivity contribution in [3.63, 3.8) is 0 Å². The second kappa shape index (κ2) is 10.8. The maximum absolute atomic E-state index is 13.8. The second-order valence-corrected chi connectivity index (χ2v) is 20.8. The molecule has 0 amide bonds. The fourth-order valence-corrected chi connectivity index (χ4v) is 7.13. The number of ether oxygens (including phenoxy) is 1. The average molecular weight is 642 g/mol. The molecule has 5 rings (SSSR count). The van der Waals surface area contributed by atoms with Crippen molar-refractivity contribution >= 4 is 52.2 Å². The maximum atomic E-state index is 13.8. The lowest BCUT2D eigenvalue weighted by molar-refractivity contribution is 0.0547. The van der Waals surface area contributed by atoms with Crippen LogP contribution in [-0.4, -0.2) is 76.4 Å². The van der Waals surface area contributed by atoms with Gasteiger partial charge in [0.25, 0.3) is 0 Å². The summed E-state index contributed by atoms with van der Waals surface area (Å²) in [4.78, 5) is 22.6. The molecule has 1 aromatic carbocycles. The van der Waals surface area contributed by atoms with Gasteiger partial charge in [0.05, 0.1) is 28.9 Å². The van der Waals surface area contributed by atoms with Crippen LogP contribution in [0.15, 0.2) is 30.6 Å². The minimum Gasteiger partial charge on any atom is -0.543 e. The van der Waals surface area contributed by atoms with E-state index in [1.165, 1.54) is 21.5 Å². The number of aromatic nitrogens is 5. The highest BCUT2D eigenvalue weighted by atomic mass is 32.2. The molecule has 44 heavy (non-hydrogen) atoms. The molecular formula is C30H43N7O5SSi. The summed E-state index contributed by atoms with van der Waals surface area (Å²) in [5, 5.41) is 6.30. The SMILES string of the molecule is CC(C)(C)OC(=O)n1c(-c2nn(C3CCN(S(C)(=O)=O)CC3)c3ncnc(N)c23)cc2cc(O[Si](C)(C)C(C)(C)C)ccc21. The lowest BCUT2D eigenvalue weighted by atomic mass is 10.1. The summed E-state index contributed by atoms with van der Waals surface area (Å²) in [5.74, 6) is 0.959. The second-order valence-electron chi connectivity index (χ2n) is 14.1. The zero-order chi connectivity index (χ0) is 32.4. The number of sulfonamides is 1. The quantitative estimate of drug-likeness (QED) is 0.267. The first kappa shape index (κ1) is 31.9. The van der Waals surface area contributed by atoms with Crippen LogP contribution in [0.5, 0.6) is 5.75 Å². The Morgan fingerprint density at radius 3 is 2.30 bits per heavy atom. The number of hydrogen-bond acceptors (Lipinski definition) is 9. The minimum atomic E-state index is -3.29. The summed E-state index contributed by atoms with van der Waals surface area (Å²) in [6, 6.07) is 7.47. The molecule has 1 aliphatic rings. The molecule has 0 spiro atoms. The first-order valence-corrected chi connectivity index (χ1v) is 19.5. The van der Waals surface area contributed by atoms with Crippen LogP contribution in [0.3, 0.4) is 0 Å². The van der Waals surface area contributed by atoms with Crippen molar-refractivity contribution in [2.45, 2.75) is 84.2 Å². The van der Waals surface area contributed by atoms with Crippen molar-refractivity contribution in [1.82, 2.24) is 28.6 Å². The lowest BCUT2D eigenvalue weighted by Crippen LogP contribution is -2.43. The topological polar surface area (TPSA) is 147 Å². The van der Waals surface area contributed by atoms with Crippen molar-refractivity contribution in [3.8, 4) is 17.1 Å². The van der Waals surface area contributed by atoms with E-state index < -0.39 is 30.0 Å². The highest BCUT2D eigenvalue weighted by Gasteiger charge is 2.39. The summed E-state index contributed by atoms with van der Waals surface area (Å²) in [5.41, 5.74) is 7.78. The summed E-state index contributed by atoms with van der Waals surface area (Å²) in [7, 11) is -5.41. The van der Waals surface area contributed by atoms with E-state index in [2.05, 4.69) is 43.8 Å². The molecule has 1 fully saturated rings. The Hall–Kier alpha value is -3.49. The predicted molar refractivity (Wildman–Crippen MR) is 175 cm³/mol. The van der Waals surface area contributed by atoms with Crippen molar-refractivity contribution in [3.05, 3.63) is 30.6 Å². The first-order chi connectivity index (χ1) is 20.3. The van der Waals surface area contributed by atoms with Crippen LogP contribution in [-0.2, 0) is 14.8 Å². The van der Waals surface area contributed by atoms with Gasteiger partial charge >= 0.3 is 6.09 Å². The van der Waals surface area contributed by atoms with Gasteiger partial charge in [0.1, 0.15) is 29.2 Å². The molecule has 238 valence electrons. The molecule has 0 unspecified atom stereocenters. The molecule has 4 heterocycles. The molecule has 2 N–H and O–H groups in total. The molecule has 0 radical (unpaired) electrons. The zero-order valence-corrected chi connectivity index (χ0v) is 28.8. The summed E-state index contributed by atoms with van der Waals surface area (Å²) < 4.78 is 41.5. The number of fused-ring (bicyclic) bond motifs is 2. The highest BCUT2D eigenvalue weighted by molar-refractivity contribution is 7.88. The number of piperidine rings is 1. The van der Waals surface area contributed by atoms with Crippen LogP contribution in [0.25, 0.3) is 33.3 Å². The van der Waals surface area contributed by atoms with Crippen LogP contribution < -0.4 is 10.2 Å². The van der Waals surface area contributed by atoms with Crippen LogP contribution in [0.2, 0.25) is 18.1 Å². The van der Waals surface area contributed by atoms with E-state index in [1.54, 1.807) is 4.68 Å². The smallest absolute Gasteiger partial charge is 0.419 e. The third-order valence-electron chi connectivity index (χ3n) is 8.53. The van der Waals surface area contributed by atoms with Gasteiger partial charge in [-0.25, -0.2) is 36.7 Å². The Bertz CT molecular complexity index is 1840. The van der Waals surface area contributed by atoms with Gasteiger partial charge in [-0.3, -0.25) is 0 Å². The summed E-state index contributed by atoms with van der Waals surface area (Å²) in [6.07, 6.45) is 3.16. The van der Waals surface area contributed by atoms with Crippen LogP contribution in [0, 0.1) is 0 Å². The third-order valence-corrected chi connectivity index (χ3v) is 14.2. The van der Waals surface area contributed by atoms with Crippen LogP contribution in [0.1, 0.15) is 60.4 Å². The van der Waals surface area contributed by atoms with E-state index >= 15 is 0 Å². The Kier molecular flexibility index (Phi) is 7.86. The Morgan fingerprint density at radius 2 is 1.70 bits per heavy atom. The zero-order valence-electron chi connectivity index (χ0n) is 27.0. The molecule has 1 saturated heterocycles. The van der Waals surface area contributed by atoms with E-state index in [4.69, 9.17) is 20.0 Å². The summed E-state index contributed by atoms with van der Waals surface area (Å²) >= 11 is 0. The van der Waals surface area contributed by atoms with Crippen molar-refractivity contribution < 1.29 is 22.4 Å². The van der Waals surface area contributed by atoms with E-state index in [9.17, 15) is 13.2 Å². The van der Waals surface area contributed by atoms with E-state index in [0.29, 0.717) is 53.9 Å². The van der Waals surface area contributed by atoms with Crippen molar-refractivity contribution in [1.29, 1.82) is 0 Å². The average Bonchev–Trinajstić information content (AvgIpc) is 3.46. The van der Waals surface area contributed by atoms with Gasteiger partial charge in [-0.05, 0) is 76.0 Å². The number of rotatable bonds is 5. The number of benzene rings is 1. The molecule has 12 nitrogen and oxygen atoms in total.